The zero-order valence-corrected chi connectivity index (χ0v) is 15.4. The summed E-state index contributed by atoms with van der Waals surface area (Å²) in [6, 6.07) is 14.5. The van der Waals surface area contributed by atoms with Gasteiger partial charge in [-0.15, -0.1) is 0 Å². The first-order valence-electron chi connectivity index (χ1n) is 9.09. The number of nitro groups is 1. The van der Waals surface area contributed by atoms with Crippen molar-refractivity contribution in [2.24, 2.45) is 0 Å². The predicted octanol–water partition coefficient (Wildman–Crippen LogP) is 3.05. The van der Waals surface area contributed by atoms with Gasteiger partial charge in [0.25, 0.3) is 5.69 Å². The number of carbonyl (C=O) groups excluding carboxylic acids is 1. The van der Waals surface area contributed by atoms with Gasteiger partial charge in [-0.05, 0) is 30.7 Å². The van der Waals surface area contributed by atoms with Gasteiger partial charge in [0.2, 0.25) is 5.91 Å². The molecule has 142 valence electrons. The van der Waals surface area contributed by atoms with E-state index >= 15 is 0 Å². The average Bonchev–Trinajstić information content (AvgIpc) is 2.67. The van der Waals surface area contributed by atoms with Crippen LogP contribution in [0.4, 0.5) is 17.1 Å². The van der Waals surface area contributed by atoms with Crippen LogP contribution in [0.5, 0.6) is 0 Å². The largest absolute Gasteiger partial charge is 0.369 e. The van der Waals surface area contributed by atoms with E-state index in [-0.39, 0.29) is 11.6 Å². The molecule has 0 unspecified atom stereocenters. The summed E-state index contributed by atoms with van der Waals surface area (Å²) < 4.78 is 0. The monoisotopic (exact) mass is 368 g/mol. The van der Waals surface area contributed by atoms with Crippen LogP contribution in [0.25, 0.3) is 0 Å². The second-order valence-corrected chi connectivity index (χ2v) is 6.77. The van der Waals surface area contributed by atoms with Crippen LogP contribution in [0.2, 0.25) is 0 Å². The van der Waals surface area contributed by atoms with Crippen LogP contribution >= 0.6 is 0 Å². The van der Waals surface area contributed by atoms with E-state index in [9.17, 15) is 14.9 Å². The predicted molar refractivity (Wildman–Crippen MR) is 106 cm³/mol. The van der Waals surface area contributed by atoms with Crippen molar-refractivity contribution in [3.05, 3.63) is 64.2 Å². The second-order valence-electron chi connectivity index (χ2n) is 6.77. The van der Waals surface area contributed by atoms with Gasteiger partial charge in [0.05, 0.1) is 4.92 Å². The normalized spacial score (nSPS) is 14.8. The molecule has 1 N–H and O–H groups in total. The van der Waals surface area contributed by atoms with Gasteiger partial charge in [-0.25, -0.2) is 0 Å². The average molecular weight is 368 g/mol. The number of nitrogens with one attached hydrogen (secondary N) is 1. The lowest BCUT2D eigenvalue weighted by atomic mass is 10.2. The number of anilines is 2. The maximum absolute atomic E-state index is 12.1. The summed E-state index contributed by atoms with van der Waals surface area (Å²) in [6.45, 7) is 6.49. The molecule has 0 aliphatic carbocycles. The first-order valence-corrected chi connectivity index (χ1v) is 9.09. The summed E-state index contributed by atoms with van der Waals surface area (Å²) in [7, 11) is 0. The van der Waals surface area contributed by atoms with Crippen LogP contribution in [0.1, 0.15) is 12.0 Å². The Bertz CT molecular complexity index is 816. The van der Waals surface area contributed by atoms with E-state index in [4.69, 9.17) is 0 Å². The van der Waals surface area contributed by atoms with Gasteiger partial charge >= 0.3 is 0 Å². The second kappa shape index (κ2) is 8.64. The van der Waals surface area contributed by atoms with E-state index in [0.29, 0.717) is 18.7 Å². The van der Waals surface area contributed by atoms with E-state index < -0.39 is 4.92 Å². The third kappa shape index (κ3) is 5.27. The molecule has 2 aromatic carbocycles. The van der Waals surface area contributed by atoms with Crippen LogP contribution in [0, 0.1) is 17.0 Å². The van der Waals surface area contributed by atoms with E-state index in [1.54, 1.807) is 12.1 Å². The highest BCUT2D eigenvalue weighted by Gasteiger charge is 2.18. The van der Waals surface area contributed by atoms with Crippen molar-refractivity contribution in [2.45, 2.75) is 13.3 Å². The van der Waals surface area contributed by atoms with E-state index in [0.717, 1.165) is 26.2 Å². The summed E-state index contributed by atoms with van der Waals surface area (Å²) in [5.74, 6) is -0.128. The molecule has 7 heteroatoms. The molecular weight excluding hydrogens is 344 g/mol. The number of non-ortho nitro benzene ring substituents is 1. The SMILES string of the molecule is Cc1cccc(N2CCN(CCC(=O)Nc3cccc([N+](=O)[O-])c3)CC2)c1. The van der Waals surface area contributed by atoms with Crippen LogP contribution in [-0.2, 0) is 4.79 Å². The Morgan fingerprint density at radius 1 is 1.11 bits per heavy atom. The van der Waals surface area contributed by atoms with Crippen LogP contribution < -0.4 is 10.2 Å². The Morgan fingerprint density at radius 3 is 2.56 bits per heavy atom. The van der Waals surface area contributed by atoms with Crippen molar-refractivity contribution < 1.29 is 9.72 Å². The topological polar surface area (TPSA) is 78.7 Å². The number of nitrogens with zero attached hydrogens (tertiary/aromatic N) is 3. The molecule has 0 aromatic heterocycles. The Morgan fingerprint density at radius 2 is 1.85 bits per heavy atom. The van der Waals surface area contributed by atoms with Crippen LogP contribution in [0.3, 0.4) is 0 Å². The van der Waals surface area contributed by atoms with Gasteiger partial charge in [-0.3, -0.25) is 19.8 Å². The Balaban J connectivity index is 1.44. The smallest absolute Gasteiger partial charge is 0.271 e. The summed E-state index contributed by atoms with van der Waals surface area (Å²) in [5.41, 5.74) is 2.93. The summed E-state index contributed by atoms with van der Waals surface area (Å²) in [5, 5.41) is 13.5. The highest BCUT2D eigenvalue weighted by atomic mass is 16.6. The fourth-order valence-corrected chi connectivity index (χ4v) is 3.23. The zero-order valence-electron chi connectivity index (χ0n) is 15.4. The lowest BCUT2D eigenvalue weighted by Crippen LogP contribution is -2.47. The number of nitro benzene ring substituents is 1. The van der Waals surface area contributed by atoms with Crippen molar-refractivity contribution in [2.75, 3.05) is 42.9 Å². The zero-order chi connectivity index (χ0) is 19.2. The Hall–Kier alpha value is -2.93. The summed E-state index contributed by atoms with van der Waals surface area (Å²) in [4.78, 5) is 27.1. The number of benzene rings is 2. The number of hydrogen-bond acceptors (Lipinski definition) is 5. The minimum atomic E-state index is -0.469. The van der Waals surface area contributed by atoms with Crippen molar-refractivity contribution in [3.63, 3.8) is 0 Å². The third-order valence-electron chi connectivity index (χ3n) is 4.73. The molecule has 1 heterocycles. The molecule has 1 aliphatic rings. The van der Waals surface area contributed by atoms with Crippen molar-refractivity contribution in [1.82, 2.24) is 4.90 Å². The quantitative estimate of drug-likeness (QED) is 0.626. The summed E-state index contributed by atoms with van der Waals surface area (Å²) in [6.07, 6.45) is 0.368. The van der Waals surface area contributed by atoms with Crippen LogP contribution in [-0.4, -0.2) is 48.5 Å². The molecule has 7 nitrogen and oxygen atoms in total. The molecule has 1 aliphatic heterocycles. The number of amides is 1. The first kappa shape index (κ1) is 18.8. The molecule has 0 saturated carbocycles. The fraction of sp³-hybridized carbons (Fsp3) is 0.350. The summed E-state index contributed by atoms with van der Waals surface area (Å²) >= 11 is 0. The maximum atomic E-state index is 12.1. The molecule has 27 heavy (non-hydrogen) atoms. The molecule has 0 spiro atoms. The molecule has 0 radical (unpaired) electrons. The maximum Gasteiger partial charge on any atom is 0.271 e. The molecule has 0 bridgehead atoms. The lowest BCUT2D eigenvalue weighted by Gasteiger charge is -2.36. The van der Waals surface area contributed by atoms with Crippen molar-refractivity contribution >= 4 is 23.0 Å². The van der Waals surface area contributed by atoms with Gasteiger partial charge in [-0.1, -0.05) is 18.2 Å². The van der Waals surface area contributed by atoms with Gasteiger partial charge in [0.1, 0.15) is 0 Å². The fourth-order valence-electron chi connectivity index (χ4n) is 3.23. The highest BCUT2D eigenvalue weighted by Crippen LogP contribution is 2.19. The van der Waals surface area contributed by atoms with Crippen molar-refractivity contribution in [3.8, 4) is 0 Å². The van der Waals surface area contributed by atoms with Gasteiger partial charge in [0.15, 0.2) is 0 Å². The van der Waals surface area contributed by atoms with E-state index in [1.165, 1.54) is 23.4 Å². The standard InChI is InChI=1S/C20H24N4O3/c1-16-4-2-6-18(14-16)23-12-10-22(11-13-23)9-8-20(25)21-17-5-3-7-19(15-17)24(26)27/h2-7,14-15H,8-13H2,1H3,(H,21,25). The van der Waals surface area contributed by atoms with Gasteiger partial charge < -0.3 is 10.2 Å². The van der Waals surface area contributed by atoms with Crippen LogP contribution in [0.15, 0.2) is 48.5 Å². The minimum absolute atomic E-state index is 0.0277. The number of piperazine rings is 1. The molecule has 0 atom stereocenters. The molecule has 1 amide bonds. The number of rotatable bonds is 6. The Kier molecular flexibility index (Phi) is 6.03. The highest BCUT2D eigenvalue weighted by molar-refractivity contribution is 5.91. The molecule has 2 aromatic rings. The molecule has 3 rings (SSSR count). The van der Waals surface area contributed by atoms with Gasteiger partial charge in [0, 0.05) is 62.7 Å². The molecule has 1 fully saturated rings. The molecular formula is C20H24N4O3. The lowest BCUT2D eigenvalue weighted by molar-refractivity contribution is -0.384. The first-order chi connectivity index (χ1) is 13.0. The number of hydrogen-bond donors (Lipinski definition) is 1. The number of aryl methyl sites for hydroxylation is 1. The van der Waals surface area contributed by atoms with Gasteiger partial charge in [-0.2, -0.15) is 0 Å². The Labute approximate surface area is 158 Å². The molecule has 1 saturated heterocycles. The number of carbonyl (C=O) groups is 1. The van der Waals surface area contributed by atoms with E-state index in [2.05, 4.69) is 46.3 Å². The third-order valence-corrected chi connectivity index (χ3v) is 4.73. The van der Waals surface area contributed by atoms with E-state index in [1.807, 2.05) is 0 Å². The van der Waals surface area contributed by atoms with Crippen molar-refractivity contribution in [1.29, 1.82) is 0 Å². The minimum Gasteiger partial charge on any atom is -0.369 e.